The average molecular weight is 391 g/mol. The SMILES string of the molecule is CC(N)C(=O)NC(CNC(N)=O)C(=O)N1CC(c2ccccc2)CC1C(=O)O. The van der Waals surface area contributed by atoms with Crippen LogP contribution in [0.1, 0.15) is 24.8 Å². The minimum atomic E-state index is -1.18. The molecule has 1 saturated heterocycles. The number of carbonyl (C=O) groups is 4. The van der Waals surface area contributed by atoms with Crippen molar-refractivity contribution in [1.82, 2.24) is 15.5 Å². The summed E-state index contributed by atoms with van der Waals surface area (Å²) in [5.74, 6) is -2.50. The second-order valence-corrected chi connectivity index (χ2v) is 6.78. The first-order valence-corrected chi connectivity index (χ1v) is 8.88. The Labute approximate surface area is 162 Å². The van der Waals surface area contributed by atoms with E-state index in [1.165, 1.54) is 11.8 Å². The van der Waals surface area contributed by atoms with Crippen LogP contribution >= 0.6 is 0 Å². The van der Waals surface area contributed by atoms with Gasteiger partial charge in [0, 0.05) is 19.0 Å². The molecule has 1 aromatic carbocycles. The second-order valence-electron chi connectivity index (χ2n) is 6.78. The van der Waals surface area contributed by atoms with E-state index in [-0.39, 0.29) is 25.4 Å². The van der Waals surface area contributed by atoms with E-state index in [4.69, 9.17) is 11.5 Å². The normalized spacial score (nSPS) is 20.9. The Morgan fingerprint density at radius 1 is 1.25 bits per heavy atom. The summed E-state index contributed by atoms with van der Waals surface area (Å²) in [4.78, 5) is 48.9. The Bertz CT molecular complexity index is 739. The molecule has 0 aliphatic carbocycles. The number of hydrogen-bond acceptors (Lipinski definition) is 5. The van der Waals surface area contributed by atoms with Crippen LogP contribution in [-0.2, 0) is 14.4 Å². The number of primary amides is 1. The molecule has 1 heterocycles. The van der Waals surface area contributed by atoms with Crippen molar-refractivity contribution >= 4 is 23.8 Å². The quantitative estimate of drug-likeness (QED) is 0.398. The van der Waals surface area contributed by atoms with Gasteiger partial charge in [-0.2, -0.15) is 0 Å². The highest BCUT2D eigenvalue weighted by Gasteiger charge is 2.42. The molecule has 1 aliphatic heterocycles. The molecule has 152 valence electrons. The van der Waals surface area contributed by atoms with Crippen LogP contribution in [0.5, 0.6) is 0 Å². The van der Waals surface area contributed by atoms with Gasteiger partial charge in [0.15, 0.2) is 0 Å². The summed E-state index contributed by atoms with van der Waals surface area (Å²) in [6.07, 6.45) is 0.252. The van der Waals surface area contributed by atoms with E-state index in [0.717, 1.165) is 5.56 Å². The molecule has 7 N–H and O–H groups in total. The number of hydrogen-bond donors (Lipinski definition) is 5. The largest absolute Gasteiger partial charge is 0.480 e. The third-order valence-electron chi connectivity index (χ3n) is 4.65. The number of benzene rings is 1. The third kappa shape index (κ3) is 5.19. The predicted octanol–water partition coefficient (Wildman–Crippen LogP) is -1.04. The molecular formula is C18H25N5O5. The van der Waals surface area contributed by atoms with Gasteiger partial charge >= 0.3 is 12.0 Å². The number of rotatable bonds is 7. The Balaban J connectivity index is 2.22. The van der Waals surface area contributed by atoms with E-state index in [1.54, 1.807) is 0 Å². The second kappa shape index (κ2) is 9.18. The molecule has 1 fully saturated rings. The first-order chi connectivity index (χ1) is 13.2. The molecule has 0 aromatic heterocycles. The minimum Gasteiger partial charge on any atom is -0.480 e. The van der Waals surface area contributed by atoms with E-state index in [0.29, 0.717) is 0 Å². The fraction of sp³-hybridized carbons (Fsp3) is 0.444. The molecular weight excluding hydrogens is 366 g/mol. The lowest BCUT2D eigenvalue weighted by atomic mass is 9.96. The maximum absolute atomic E-state index is 13.0. The highest BCUT2D eigenvalue weighted by molar-refractivity contribution is 5.92. The molecule has 28 heavy (non-hydrogen) atoms. The number of nitrogens with two attached hydrogens (primary N) is 2. The number of aliphatic carboxylic acids is 1. The predicted molar refractivity (Wildman–Crippen MR) is 100 cm³/mol. The number of amides is 4. The zero-order valence-corrected chi connectivity index (χ0v) is 15.5. The van der Waals surface area contributed by atoms with Crippen molar-refractivity contribution in [3.8, 4) is 0 Å². The highest BCUT2D eigenvalue weighted by Crippen LogP contribution is 2.32. The van der Waals surface area contributed by atoms with E-state index in [9.17, 15) is 24.3 Å². The van der Waals surface area contributed by atoms with Crippen LogP contribution in [0.15, 0.2) is 30.3 Å². The van der Waals surface area contributed by atoms with Crippen molar-refractivity contribution in [3.05, 3.63) is 35.9 Å². The lowest BCUT2D eigenvalue weighted by molar-refractivity contribution is -0.149. The van der Waals surface area contributed by atoms with E-state index in [1.807, 2.05) is 30.3 Å². The third-order valence-corrected chi connectivity index (χ3v) is 4.65. The van der Waals surface area contributed by atoms with Crippen LogP contribution in [0.3, 0.4) is 0 Å². The average Bonchev–Trinajstić information content (AvgIpc) is 3.10. The van der Waals surface area contributed by atoms with Crippen LogP contribution in [-0.4, -0.2) is 65.0 Å². The summed E-state index contributed by atoms with van der Waals surface area (Å²) < 4.78 is 0. The number of carboxylic acids is 1. The Morgan fingerprint density at radius 2 is 1.89 bits per heavy atom. The van der Waals surface area contributed by atoms with Gasteiger partial charge in [-0.05, 0) is 18.9 Å². The van der Waals surface area contributed by atoms with Gasteiger partial charge < -0.3 is 32.1 Å². The number of nitrogens with zero attached hydrogens (tertiary/aromatic N) is 1. The minimum absolute atomic E-state index is 0.153. The van der Waals surface area contributed by atoms with Crippen LogP contribution in [0.25, 0.3) is 0 Å². The van der Waals surface area contributed by atoms with Gasteiger partial charge in [0.2, 0.25) is 11.8 Å². The zero-order chi connectivity index (χ0) is 20.8. The van der Waals surface area contributed by atoms with Crippen LogP contribution < -0.4 is 22.1 Å². The van der Waals surface area contributed by atoms with Crippen LogP contribution in [0.2, 0.25) is 0 Å². The van der Waals surface area contributed by atoms with Gasteiger partial charge in [0.1, 0.15) is 12.1 Å². The van der Waals surface area contributed by atoms with Crippen molar-refractivity contribution in [1.29, 1.82) is 0 Å². The molecule has 0 radical (unpaired) electrons. The molecule has 4 unspecified atom stereocenters. The Hall–Kier alpha value is -3.14. The summed E-state index contributed by atoms with van der Waals surface area (Å²) in [7, 11) is 0. The molecule has 4 atom stereocenters. The molecule has 10 nitrogen and oxygen atoms in total. The zero-order valence-electron chi connectivity index (χ0n) is 15.5. The number of carbonyl (C=O) groups excluding carboxylic acids is 3. The van der Waals surface area contributed by atoms with Gasteiger partial charge in [0.05, 0.1) is 6.04 Å². The smallest absolute Gasteiger partial charge is 0.326 e. The first-order valence-electron chi connectivity index (χ1n) is 8.88. The summed E-state index contributed by atoms with van der Waals surface area (Å²) in [6, 6.07) is 5.33. The maximum Gasteiger partial charge on any atom is 0.326 e. The van der Waals surface area contributed by atoms with Crippen LogP contribution in [0, 0.1) is 0 Å². The van der Waals surface area contributed by atoms with Crippen molar-refractivity contribution in [3.63, 3.8) is 0 Å². The molecule has 2 rings (SSSR count). The van der Waals surface area contributed by atoms with E-state index < -0.39 is 41.9 Å². The lowest BCUT2D eigenvalue weighted by Gasteiger charge is -2.28. The number of nitrogens with one attached hydrogen (secondary N) is 2. The molecule has 1 aliphatic rings. The van der Waals surface area contributed by atoms with Gasteiger partial charge in [0.25, 0.3) is 0 Å². The molecule has 1 aromatic rings. The highest BCUT2D eigenvalue weighted by atomic mass is 16.4. The summed E-state index contributed by atoms with van der Waals surface area (Å²) in [5.41, 5.74) is 11.5. The molecule has 0 saturated carbocycles. The lowest BCUT2D eigenvalue weighted by Crippen LogP contribution is -2.58. The van der Waals surface area contributed by atoms with Gasteiger partial charge in [-0.3, -0.25) is 9.59 Å². The molecule has 4 amide bonds. The van der Waals surface area contributed by atoms with Gasteiger partial charge in [-0.25, -0.2) is 9.59 Å². The van der Waals surface area contributed by atoms with Crippen LogP contribution in [0.4, 0.5) is 4.79 Å². The Morgan fingerprint density at radius 3 is 2.43 bits per heavy atom. The van der Waals surface area contributed by atoms with E-state index >= 15 is 0 Å². The number of urea groups is 1. The number of carboxylic acid groups (broad SMARTS) is 1. The standard InChI is InChI=1S/C18H25N5O5/c1-10(19)15(24)22-13(8-21-18(20)28)16(25)23-9-12(7-14(23)17(26)27)11-5-3-2-4-6-11/h2-6,10,12-14H,7-9,19H2,1H3,(H,22,24)(H,26,27)(H3,20,21,28). The van der Waals surface area contributed by atoms with Gasteiger partial charge in [-0.15, -0.1) is 0 Å². The topological polar surface area (TPSA) is 168 Å². The Kier molecular flexibility index (Phi) is 6.94. The molecule has 10 heteroatoms. The monoisotopic (exact) mass is 391 g/mol. The number of likely N-dealkylation sites (tertiary alicyclic amines) is 1. The van der Waals surface area contributed by atoms with E-state index in [2.05, 4.69) is 10.6 Å². The first kappa shape index (κ1) is 21.2. The fourth-order valence-corrected chi connectivity index (χ4v) is 3.19. The van der Waals surface area contributed by atoms with Gasteiger partial charge in [-0.1, -0.05) is 30.3 Å². The fourth-order valence-electron chi connectivity index (χ4n) is 3.19. The summed E-state index contributed by atoms with van der Waals surface area (Å²) >= 11 is 0. The summed E-state index contributed by atoms with van der Waals surface area (Å²) in [6.45, 7) is 1.35. The molecule has 0 bridgehead atoms. The van der Waals surface area contributed by atoms with Crippen molar-refractivity contribution in [2.75, 3.05) is 13.1 Å². The van der Waals surface area contributed by atoms with Crippen molar-refractivity contribution in [2.45, 2.75) is 37.4 Å². The van der Waals surface area contributed by atoms with Crippen molar-refractivity contribution < 1.29 is 24.3 Å². The maximum atomic E-state index is 13.0. The summed E-state index contributed by atoms with van der Waals surface area (Å²) in [5, 5.41) is 14.3. The van der Waals surface area contributed by atoms with Crippen molar-refractivity contribution in [2.24, 2.45) is 11.5 Å². The molecule has 0 spiro atoms.